The first-order chi connectivity index (χ1) is 12.8. The number of aryl methyl sites for hydroxylation is 4. The van der Waals surface area contributed by atoms with Gasteiger partial charge in [0, 0.05) is 19.8 Å². The molecule has 1 N–H and O–H groups in total. The molecule has 0 aliphatic carbocycles. The van der Waals surface area contributed by atoms with E-state index in [9.17, 15) is 14.9 Å². The van der Waals surface area contributed by atoms with Gasteiger partial charge in [-0.05, 0) is 54.8 Å². The molecule has 136 valence electrons. The predicted molar refractivity (Wildman–Crippen MR) is 106 cm³/mol. The molecule has 0 saturated heterocycles. The van der Waals surface area contributed by atoms with Gasteiger partial charge >= 0.3 is 5.69 Å². The Hall–Kier alpha value is -3.59. The maximum absolute atomic E-state index is 12.5. The van der Waals surface area contributed by atoms with E-state index in [1.54, 1.807) is 36.9 Å². The molecule has 0 atom stereocenters. The standard InChI is InChI=1S/C21H20N4O2/c1-13-5-6-14(2)17(9-13)23-20(26)16(12-22)10-15-7-8-18-19(11-15)25(4)21(27)24(18)3/h5-11H,1-4H3,(H,23,26)/b16-10+. The number of benzene rings is 2. The third kappa shape index (κ3) is 3.40. The Balaban J connectivity index is 1.96. The number of fused-ring (bicyclic) bond motifs is 1. The number of nitriles is 1. The van der Waals surface area contributed by atoms with Crippen LogP contribution in [-0.4, -0.2) is 15.0 Å². The highest BCUT2D eigenvalue weighted by atomic mass is 16.2. The normalized spacial score (nSPS) is 11.4. The average Bonchev–Trinajstić information content (AvgIpc) is 2.86. The van der Waals surface area contributed by atoms with Gasteiger partial charge in [-0.25, -0.2) is 4.79 Å². The first-order valence-corrected chi connectivity index (χ1v) is 8.47. The van der Waals surface area contributed by atoms with Gasteiger partial charge in [0.15, 0.2) is 0 Å². The van der Waals surface area contributed by atoms with E-state index >= 15 is 0 Å². The first-order valence-electron chi connectivity index (χ1n) is 8.47. The zero-order valence-corrected chi connectivity index (χ0v) is 15.7. The molecular weight excluding hydrogens is 340 g/mol. The second-order valence-corrected chi connectivity index (χ2v) is 6.59. The van der Waals surface area contributed by atoms with Crippen LogP contribution in [0.25, 0.3) is 17.1 Å². The molecule has 0 bridgehead atoms. The summed E-state index contributed by atoms with van der Waals surface area (Å²) < 4.78 is 3.09. The smallest absolute Gasteiger partial charge is 0.321 e. The lowest BCUT2D eigenvalue weighted by atomic mass is 10.1. The van der Waals surface area contributed by atoms with E-state index in [0.717, 1.165) is 22.2 Å². The Labute approximate surface area is 157 Å². The van der Waals surface area contributed by atoms with Crippen molar-refractivity contribution in [2.75, 3.05) is 5.32 Å². The summed E-state index contributed by atoms with van der Waals surface area (Å²) in [6.07, 6.45) is 1.53. The van der Waals surface area contributed by atoms with Crippen molar-refractivity contribution in [2.45, 2.75) is 13.8 Å². The number of nitrogens with zero attached hydrogens (tertiary/aromatic N) is 3. The highest BCUT2D eigenvalue weighted by molar-refractivity contribution is 6.10. The lowest BCUT2D eigenvalue weighted by molar-refractivity contribution is -0.112. The number of rotatable bonds is 3. The monoisotopic (exact) mass is 360 g/mol. The molecule has 0 saturated carbocycles. The van der Waals surface area contributed by atoms with E-state index in [2.05, 4.69) is 5.32 Å². The van der Waals surface area contributed by atoms with Gasteiger partial charge in [-0.2, -0.15) is 5.26 Å². The van der Waals surface area contributed by atoms with Crippen molar-refractivity contribution in [2.24, 2.45) is 14.1 Å². The fraction of sp³-hybridized carbons (Fsp3) is 0.190. The van der Waals surface area contributed by atoms with Crippen LogP contribution in [0.3, 0.4) is 0 Å². The Morgan fingerprint density at radius 2 is 1.78 bits per heavy atom. The van der Waals surface area contributed by atoms with Gasteiger partial charge in [-0.3, -0.25) is 13.9 Å². The van der Waals surface area contributed by atoms with Gasteiger partial charge < -0.3 is 5.32 Å². The average molecular weight is 360 g/mol. The third-order valence-electron chi connectivity index (χ3n) is 4.61. The highest BCUT2D eigenvalue weighted by Gasteiger charge is 2.12. The largest absolute Gasteiger partial charge is 0.328 e. The number of hydrogen-bond acceptors (Lipinski definition) is 3. The lowest BCUT2D eigenvalue weighted by Crippen LogP contribution is -2.19. The summed E-state index contributed by atoms with van der Waals surface area (Å²) in [5.74, 6) is -0.465. The van der Waals surface area contributed by atoms with Gasteiger partial charge in [0.2, 0.25) is 0 Å². The molecule has 3 aromatic rings. The molecule has 3 rings (SSSR count). The van der Waals surface area contributed by atoms with Crippen LogP contribution in [0.2, 0.25) is 0 Å². The van der Waals surface area contributed by atoms with Crippen LogP contribution in [0.1, 0.15) is 16.7 Å². The number of anilines is 1. The predicted octanol–water partition coefficient (Wildman–Crippen LogP) is 3.04. The third-order valence-corrected chi connectivity index (χ3v) is 4.61. The van der Waals surface area contributed by atoms with Crippen molar-refractivity contribution in [1.82, 2.24) is 9.13 Å². The molecule has 0 aliphatic rings. The molecule has 0 spiro atoms. The summed E-state index contributed by atoms with van der Waals surface area (Å²) in [5, 5.41) is 12.2. The van der Waals surface area contributed by atoms with E-state index in [-0.39, 0.29) is 11.3 Å². The second kappa shape index (κ2) is 6.96. The van der Waals surface area contributed by atoms with E-state index in [4.69, 9.17) is 0 Å². The van der Waals surface area contributed by atoms with Crippen LogP contribution in [0.4, 0.5) is 5.69 Å². The molecule has 27 heavy (non-hydrogen) atoms. The van der Waals surface area contributed by atoms with E-state index < -0.39 is 5.91 Å². The molecular formula is C21H20N4O2. The van der Waals surface area contributed by atoms with Crippen molar-refractivity contribution in [3.8, 4) is 6.07 Å². The SMILES string of the molecule is Cc1ccc(C)c(NC(=O)/C(C#N)=C/c2ccc3c(c2)n(C)c(=O)n3C)c1. The maximum atomic E-state index is 12.5. The van der Waals surface area contributed by atoms with E-state index in [1.165, 1.54) is 10.6 Å². The minimum absolute atomic E-state index is 0.00353. The van der Waals surface area contributed by atoms with E-state index in [0.29, 0.717) is 11.3 Å². The zero-order valence-electron chi connectivity index (χ0n) is 15.7. The van der Waals surface area contributed by atoms with Crippen LogP contribution in [-0.2, 0) is 18.9 Å². The van der Waals surface area contributed by atoms with Gasteiger partial charge in [0.1, 0.15) is 11.6 Å². The zero-order chi connectivity index (χ0) is 19.7. The molecule has 1 heterocycles. The van der Waals surface area contributed by atoms with Crippen LogP contribution < -0.4 is 11.0 Å². The molecule has 2 aromatic carbocycles. The summed E-state index contributed by atoms with van der Waals surface area (Å²) in [4.78, 5) is 24.6. The number of carbonyl (C=O) groups excluding carboxylic acids is 1. The quantitative estimate of drug-likeness (QED) is 0.576. The fourth-order valence-corrected chi connectivity index (χ4v) is 2.99. The van der Waals surface area contributed by atoms with Crippen molar-refractivity contribution in [1.29, 1.82) is 5.26 Å². The molecule has 6 heteroatoms. The fourth-order valence-electron chi connectivity index (χ4n) is 2.99. The maximum Gasteiger partial charge on any atom is 0.328 e. The molecule has 0 radical (unpaired) electrons. The number of aromatic nitrogens is 2. The van der Waals surface area contributed by atoms with Crippen LogP contribution in [0.5, 0.6) is 0 Å². The van der Waals surface area contributed by atoms with Gasteiger partial charge in [0.25, 0.3) is 5.91 Å². The van der Waals surface area contributed by atoms with Crippen LogP contribution in [0.15, 0.2) is 46.8 Å². The number of hydrogen-bond donors (Lipinski definition) is 1. The number of amides is 1. The number of nitrogens with one attached hydrogen (secondary N) is 1. The second-order valence-electron chi connectivity index (χ2n) is 6.59. The summed E-state index contributed by atoms with van der Waals surface area (Å²) in [7, 11) is 3.40. The van der Waals surface area contributed by atoms with Gasteiger partial charge in [-0.1, -0.05) is 18.2 Å². The van der Waals surface area contributed by atoms with Gasteiger partial charge in [0.05, 0.1) is 11.0 Å². The van der Waals surface area contributed by atoms with Crippen molar-refractivity contribution in [3.63, 3.8) is 0 Å². The van der Waals surface area contributed by atoms with Crippen LogP contribution >= 0.6 is 0 Å². The minimum Gasteiger partial charge on any atom is -0.321 e. The first kappa shape index (κ1) is 18.2. The number of imidazole rings is 1. The Kier molecular flexibility index (Phi) is 4.70. The molecule has 1 aromatic heterocycles. The molecule has 0 unspecified atom stereocenters. The number of carbonyl (C=O) groups is 1. The minimum atomic E-state index is -0.465. The molecule has 0 aliphatic heterocycles. The van der Waals surface area contributed by atoms with Crippen LogP contribution in [0, 0.1) is 25.2 Å². The Morgan fingerprint density at radius 3 is 2.48 bits per heavy atom. The summed E-state index contributed by atoms with van der Waals surface area (Å²) in [5.41, 5.74) is 4.70. The Bertz CT molecular complexity index is 1190. The van der Waals surface area contributed by atoms with Crippen molar-refractivity contribution < 1.29 is 4.79 Å². The summed E-state index contributed by atoms with van der Waals surface area (Å²) >= 11 is 0. The van der Waals surface area contributed by atoms with Gasteiger partial charge in [-0.15, -0.1) is 0 Å². The summed E-state index contributed by atoms with van der Waals surface area (Å²) in [6.45, 7) is 3.84. The van der Waals surface area contributed by atoms with Crippen molar-refractivity contribution >= 4 is 28.7 Å². The van der Waals surface area contributed by atoms with E-state index in [1.807, 2.05) is 38.1 Å². The topological polar surface area (TPSA) is 79.8 Å². The van der Waals surface area contributed by atoms with Crippen molar-refractivity contribution in [3.05, 3.63) is 69.1 Å². The summed E-state index contributed by atoms with van der Waals surface area (Å²) in [6, 6.07) is 13.1. The lowest BCUT2D eigenvalue weighted by Gasteiger charge is -2.09. The Morgan fingerprint density at radius 1 is 1.07 bits per heavy atom. The molecule has 1 amide bonds. The highest BCUT2D eigenvalue weighted by Crippen LogP contribution is 2.19. The molecule has 0 fully saturated rings. The molecule has 6 nitrogen and oxygen atoms in total.